The van der Waals surface area contributed by atoms with Crippen LogP contribution in [0, 0.1) is 0 Å². The Balaban J connectivity index is 2.16. The molecule has 0 fully saturated rings. The molecule has 20 heavy (non-hydrogen) atoms. The summed E-state index contributed by atoms with van der Waals surface area (Å²) in [4.78, 5) is 2.60. The Bertz CT molecular complexity index is 581. The van der Waals surface area contributed by atoms with E-state index in [0.29, 0.717) is 6.61 Å². The zero-order valence-electron chi connectivity index (χ0n) is 11.4. The Morgan fingerprint density at radius 1 is 1.20 bits per heavy atom. The van der Waals surface area contributed by atoms with Crippen LogP contribution < -0.4 is 9.47 Å². The lowest BCUT2D eigenvalue weighted by molar-refractivity contribution is 0.285. The van der Waals surface area contributed by atoms with E-state index in [-0.39, 0.29) is 0 Å². The molecule has 0 aliphatic heterocycles. The minimum Gasteiger partial charge on any atom is -0.493 e. The Morgan fingerprint density at radius 3 is 2.55 bits per heavy atom. The quantitative estimate of drug-likeness (QED) is 0.571. The number of aryl methyl sites for hydroxylation is 1. The highest BCUT2D eigenvalue weighted by Crippen LogP contribution is 2.38. The Hall–Kier alpha value is -0.520. The fourth-order valence-electron chi connectivity index (χ4n) is 1.82. The normalized spacial score (nSPS) is 10.6. The van der Waals surface area contributed by atoms with Gasteiger partial charge >= 0.3 is 0 Å². The highest BCUT2D eigenvalue weighted by atomic mass is 79.9. The van der Waals surface area contributed by atoms with E-state index in [0.717, 1.165) is 33.3 Å². The van der Waals surface area contributed by atoms with E-state index in [4.69, 9.17) is 9.47 Å². The molecule has 0 saturated carbocycles. The molecule has 0 bridgehead atoms. The predicted octanol–water partition coefficient (Wildman–Crippen LogP) is 5.56. The van der Waals surface area contributed by atoms with E-state index in [9.17, 15) is 0 Å². The van der Waals surface area contributed by atoms with Gasteiger partial charge in [0.25, 0.3) is 0 Å². The predicted molar refractivity (Wildman–Crippen MR) is 91.4 cm³/mol. The Morgan fingerprint density at radius 2 is 1.95 bits per heavy atom. The third kappa shape index (κ3) is 3.77. The largest absolute Gasteiger partial charge is 0.493 e. The number of hydrogen-bond acceptors (Lipinski definition) is 3. The van der Waals surface area contributed by atoms with Gasteiger partial charge < -0.3 is 9.47 Å². The zero-order valence-corrected chi connectivity index (χ0v) is 15.4. The molecule has 108 valence electrons. The molecule has 0 spiro atoms. The van der Waals surface area contributed by atoms with Crippen LogP contribution >= 0.6 is 43.2 Å². The van der Waals surface area contributed by atoms with Crippen LogP contribution in [0.5, 0.6) is 11.5 Å². The third-order valence-corrected chi connectivity index (χ3v) is 5.31. The second-order valence-electron chi connectivity index (χ2n) is 4.25. The van der Waals surface area contributed by atoms with Crippen molar-refractivity contribution >= 4 is 43.2 Å². The lowest BCUT2D eigenvalue weighted by Crippen LogP contribution is -1.98. The molecule has 0 N–H and O–H groups in total. The first kappa shape index (κ1) is 15.9. The van der Waals surface area contributed by atoms with E-state index in [1.165, 1.54) is 9.75 Å². The van der Waals surface area contributed by atoms with Crippen molar-refractivity contribution in [2.24, 2.45) is 0 Å². The molecule has 2 nitrogen and oxygen atoms in total. The number of ether oxygens (including phenoxy) is 2. The molecule has 0 radical (unpaired) electrons. The molecular formula is C15H16Br2O2S. The molecule has 2 rings (SSSR count). The molecule has 1 aromatic carbocycles. The summed E-state index contributed by atoms with van der Waals surface area (Å²) < 4.78 is 12.3. The minimum atomic E-state index is 0.563. The number of halogens is 2. The second kappa shape index (κ2) is 7.48. The monoisotopic (exact) mass is 418 g/mol. The van der Waals surface area contributed by atoms with E-state index < -0.39 is 0 Å². The molecule has 0 aliphatic rings. The summed E-state index contributed by atoms with van der Waals surface area (Å²) in [5.41, 5.74) is 1.14. The smallest absolute Gasteiger partial charge is 0.175 e. The molecule has 0 aliphatic carbocycles. The van der Waals surface area contributed by atoms with Gasteiger partial charge in [0.05, 0.1) is 11.6 Å². The van der Waals surface area contributed by atoms with Crippen molar-refractivity contribution in [2.75, 3.05) is 7.11 Å². The first-order valence-electron chi connectivity index (χ1n) is 6.30. The Kier molecular flexibility index (Phi) is 5.93. The summed E-state index contributed by atoms with van der Waals surface area (Å²) >= 11 is 8.79. The average Bonchev–Trinajstić information content (AvgIpc) is 2.93. The molecule has 0 amide bonds. The van der Waals surface area contributed by atoms with Gasteiger partial charge in [0.2, 0.25) is 0 Å². The van der Waals surface area contributed by atoms with Gasteiger partial charge in [-0.15, -0.1) is 11.3 Å². The Labute approximate surface area is 140 Å². The maximum atomic E-state index is 5.93. The van der Waals surface area contributed by atoms with Crippen molar-refractivity contribution in [1.29, 1.82) is 0 Å². The third-order valence-electron chi connectivity index (χ3n) is 2.87. The topological polar surface area (TPSA) is 18.5 Å². The fraction of sp³-hybridized carbons (Fsp3) is 0.333. The van der Waals surface area contributed by atoms with Crippen LogP contribution in [0.4, 0.5) is 0 Å². The number of hydrogen-bond donors (Lipinski definition) is 0. The molecular weight excluding hydrogens is 404 g/mol. The van der Waals surface area contributed by atoms with Crippen molar-refractivity contribution in [3.8, 4) is 11.5 Å². The second-order valence-corrected chi connectivity index (χ2v) is 6.92. The van der Waals surface area contributed by atoms with Gasteiger partial charge in [-0.05, 0) is 52.2 Å². The van der Waals surface area contributed by atoms with Gasteiger partial charge in [0.15, 0.2) is 11.5 Å². The van der Waals surface area contributed by atoms with Crippen molar-refractivity contribution < 1.29 is 9.47 Å². The van der Waals surface area contributed by atoms with Gasteiger partial charge in [0.1, 0.15) is 6.61 Å². The summed E-state index contributed by atoms with van der Waals surface area (Å²) in [5, 5.41) is 0.785. The first-order chi connectivity index (χ1) is 9.67. The summed E-state index contributed by atoms with van der Waals surface area (Å²) in [6.45, 7) is 2.72. The van der Waals surface area contributed by atoms with Gasteiger partial charge in [-0.25, -0.2) is 0 Å². The van der Waals surface area contributed by atoms with Crippen molar-refractivity contribution in [1.82, 2.24) is 0 Å². The molecule has 0 unspecified atom stereocenters. The lowest BCUT2D eigenvalue weighted by Gasteiger charge is -2.13. The van der Waals surface area contributed by atoms with Crippen LogP contribution in [-0.4, -0.2) is 7.11 Å². The number of alkyl halides is 1. The lowest BCUT2D eigenvalue weighted by atomic mass is 10.2. The number of thiophene rings is 1. The van der Waals surface area contributed by atoms with Crippen LogP contribution in [0.1, 0.15) is 22.2 Å². The molecule has 5 heteroatoms. The van der Waals surface area contributed by atoms with Gasteiger partial charge in [0, 0.05) is 15.1 Å². The zero-order chi connectivity index (χ0) is 14.5. The van der Waals surface area contributed by atoms with Crippen molar-refractivity contribution in [3.63, 3.8) is 0 Å². The van der Waals surface area contributed by atoms with Crippen LogP contribution in [0.15, 0.2) is 28.7 Å². The minimum absolute atomic E-state index is 0.563. The first-order valence-corrected chi connectivity index (χ1v) is 9.03. The average molecular weight is 420 g/mol. The highest BCUT2D eigenvalue weighted by molar-refractivity contribution is 9.10. The molecule has 1 heterocycles. The van der Waals surface area contributed by atoms with E-state index in [1.807, 2.05) is 12.1 Å². The maximum Gasteiger partial charge on any atom is 0.175 e. The number of methoxy groups -OCH3 is 1. The molecule has 2 aromatic rings. The molecule has 1 aromatic heterocycles. The van der Waals surface area contributed by atoms with Gasteiger partial charge in [-0.2, -0.15) is 0 Å². The standard InChI is InChI=1S/C15H16Br2O2S/c1-3-11-4-5-12(20-11)9-19-15-13(17)6-10(8-16)7-14(15)18-2/h4-7H,3,8-9H2,1-2H3. The summed E-state index contributed by atoms with van der Waals surface area (Å²) in [5.74, 6) is 1.50. The van der Waals surface area contributed by atoms with Crippen molar-refractivity contribution in [3.05, 3.63) is 44.1 Å². The van der Waals surface area contributed by atoms with Gasteiger partial charge in [-0.3, -0.25) is 0 Å². The van der Waals surface area contributed by atoms with E-state index in [2.05, 4.69) is 50.9 Å². The molecule has 0 atom stereocenters. The van der Waals surface area contributed by atoms with E-state index in [1.54, 1.807) is 18.4 Å². The van der Waals surface area contributed by atoms with Crippen LogP contribution in [-0.2, 0) is 18.4 Å². The number of benzene rings is 1. The summed E-state index contributed by atoms with van der Waals surface area (Å²) in [6, 6.07) is 8.31. The van der Waals surface area contributed by atoms with Crippen LogP contribution in [0.3, 0.4) is 0 Å². The summed E-state index contributed by atoms with van der Waals surface area (Å²) in [6.07, 6.45) is 1.07. The number of rotatable bonds is 6. The van der Waals surface area contributed by atoms with Gasteiger partial charge in [-0.1, -0.05) is 22.9 Å². The fourth-order valence-corrected chi connectivity index (χ4v) is 3.62. The van der Waals surface area contributed by atoms with E-state index >= 15 is 0 Å². The van der Waals surface area contributed by atoms with Crippen LogP contribution in [0.2, 0.25) is 0 Å². The SMILES string of the molecule is CCc1ccc(COc2c(Br)cc(CBr)cc2OC)s1. The van der Waals surface area contributed by atoms with Crippen molar-refractivity contribution in [2.45, 2.75) is 25.3 Å². The highest BCUT2D eigenvalue weighted by Gasteiger charge is 2.12. The summed E-state index contributed by atoms with van der Waals surface area (Å²) in [7, 11) is 1.66. The maximum absolute atomic E-state index is 5.93. The molecule has 0 saturated heterocycles. The van der Waals surface area contributed by atoms with Crippen LogP contribution in [0.25, 0.3) is 0 Å².